The van der Waals surface area contributed by atoms with E-state index in [9.17, 15) is 14.6 Å². The molecular formula is C35H37ClFN5O2S. The molecule has 45 heavy (non-hydrogen) atoms. The maximum absolute atomic E-state index is 15.4. The number of carbonyl (C=O) groups excluding carboxylic acids is 1. The van der Waals surface area contributed by atoms with Gasteiger partial charge in [0.05, 0.1) is 17.3 Å². The van der Waals surface area contributed by atoms with E-state index >= 15 is 4.39 Å². The van der Waals surface area contributed by atoms with E-state index in [1.54, 1.807) is 24.3 Å². The quantitative estimate of drug-likeness (QED) is 0.254. The van der Waals surface area contributed by atoms with Crippen molar-refractivity contribution in [1.82, 2.24) is 9.62 Å². The predicted octanol–water partition coefficient (Wildman–Crippen LogP) is 7.19. The van der Waals surface area contributed by atoms with E-state index in [1.807, 2.05) is 57.2 Å². The molecule has 3 unspecified atom stereocenters. The van der Waals surface area contributed by atoms with Crippen LogP contribution in [0.15, 0.2) is 78.1 Å². The first-order valence-electron chi connectivity index (χ1n) is 15.3. The van der Waals surface area contributed by atoms with Gasteiger partial charge in [-0.25, -0.2) is 4.39 Å². The van der Waals surface area contributed by atoms with E-state index in [4.69, 9.17) is 11.6 Å². The van der Waals surface area contributed by atoms with Crippen molar-refractivity contribution in [2.24, 2.45) is 5.92 Å². The summed E-state index contributed by atoms with van der Waals surface area (Å²) in [7, 11) is 0. The predicted molar refractivity (Wildman–Crippen MR) is 177 cm³/mol. The van der Waals surface area contributed by atoms with Gasteiger partial charge in [-0.2, -0.15) is 5.26 Å². The second kappa shape index (κ2) is 12.3. The van der Waals surface area contributed by atoms with Crippen LogP contribution in [-0.2, 0) is 21.7 Å². The van der Waals surface area contributed by atoms with Gasteiger partial charge >= 0.3 is 0 Å². The molecule has 1 amide bonds. The Morgan fingerprint density at radius 2 is 1.87 bits per heavy atom. The Hall–Kier alpha value is -3.55. The molecule has 3 aromatic carbocycles. The molecule has 0 aromatic heterocycles. The van der Waals surface area contributed by atoms with Crippen molar-refractivity contribution in [2.75, 3.05) is 17.2 Å². The lowest BCUT2D eigenvalue weighted by Crippen LogP contribution is -2.52. The number of benzene rings is 3. The van der Waals surface area contributed by atoms with Crippen LogP contribution in [0.25, 0.3) is 0 Å². The third-order valence-electron chi connectivity index (χ3n) is 8.95. The lowest BCUT2D eigenvalue weighted by molar-refractivity contribution is -0.119. The van der Waals surface area contributed by atoms with Gasteiger partial charge in [-0.1, -0.05) is 29.8 Å². The Morgan fingerprint density at radius 3 is 2.60 bits per heavy atom. The highest BCUT2D eigenvalue weighted by Gasteiger charge is 2.46. The maximum atomic E-state index is 15.4. The summed E-state index contributed by atoms with van der Waals surface area (Å²) < 4.78 is 32.2. The number of halogens is 2. The van der Waals surface area contributed by atoms with Gasteiger partial charge in [0.25, 0.3) is 0 Å². The smallest absolute Gasteiger partial charge is 0.247 e. The lowest BCUT2D eigenvalue weighted by Gasteiger charge is -2.39. The molecule has 1 saturated heterocycles. The molecule has 234 valence electrons. The first kappa shape index (κ1) is 31.4. The van der Waals surface area contributed by atoms with Crippen LogP contribution in [0.3, 0.4) is 0 Å². The highest BCUT2D eigenvalue weighted by molar-refractivity contribution is 7.90. The average Bonchev–Trinajstić information content (AvgIpc) is 3.62. The zero-order chi connectivity index (χ0) is 31.9. The Labute approximate surface area is 272 Å². The zero-order valence-corrected chi connectivity index (χ0v) is 27.2. The molecule has 2 bridgehead atoms. The van der Waals surface area contributed by atoms with Gasteiger partial charge in [0.15, 0.2) is 0 Å². The van der Waals surface area contributed by atoms with Gasteiger partial charge in [-0.15, -0.1) is 4.72 Å². The summed E-state index contributed by atoms with van der Waals surface area (Å²) in [6.45, 7) is 6.39. The minimum Gasteiger partial charge on any atom is -0.598 e. The molecule has 0 spiro atoms. The summed E-state index contributed by atoms with van der Waals surface area (Å²) in [5, 5.41) is 16.9. The highest BCUT2D eigenvalue weighted by atomic mass is 35.5. The second-order valence-electron chi connectivity index (χ2n) is 13.1. The Balaban J connectivity index is 1.50. The summed E-state index contributed by atoms with van der Waals surface area (Å²) in [5.74, 6) is 0.297. The Kier molecular flexibility index (Phi) is 8.61. The van der Waals surface area contributed by atoms with Crippen LogP contribution in [0.4, 0.5) is 15.8 Å². The number of nitrogens with zero attached hydrogens (tertiary/aromatic N) is 2. The minimum absolute atomic E-state index is 0.0674. The number of allylic oxidation sites excluding steroid dienone is 1. The lowest BCUT2D eigenvalue weighted by atomic mass is 9.78. The van der Waals surface area contributed by atoms with Gasteiger partial charge in [-0.05, 0) is 124 Å². The molecule has 1 saturated carbocycles. The summed E-state index contributed by atoms with van der Waals surface area (Å²) in [6, 6.07) is 21.2. The number of nitriles is 1. The molecule has 10 heteroatoms. The molecule has 3 N–H and O–H groups in total. The molecule has 7 nitrogen and oxygen atoms in total. The van der Waals surface area contributed by atoms with Crippen molar-refractivity contribution in [2.45, 2.75) is 69.2 Å². The summed E-state index contributed by atoms with van der Waals surface area (Å²) >= 11 is 4.63. The average molecular weight is 646 g/mol. The largest absolute Gasteiger partial charge is 0.598 e. The van der Waals surface area contributed by atoms with Crippen molar-refractivity contribution in [1.29, 1.82) is 5.26 Å². The van der Waals surface area contributed by atoms with E-state index in [0.717, 1.165) is 36.3 Å². The topological polar surface area (TPSA) is 103 Å². The molecular weight excluding hydrogens is 609 g/mol. The molecule has 6 rings (SSSR count). The fourth-order valence-corrected chi connectivity index (χ4v) is 7.46. The van der Waals surface area contributed by atoms with Gasteiger partial charge in [-0.3, -0.25) is 4.79 Å². The second-order valence-corrected chi connectivity index (χ2v) is 15.5. The fourth-order valence-electron chi connectivity index (χ4n) is 6.37. The number of hydrogen-bond acceptors (Lipinski definition) is 6. The minimum atomic E-state index is -1.53. The van der Waals surface area contributed by atoms with Gasteiger partial charge in [0, 0.05) is 28.6 Å². The van der Waals surface area contributed by atoms with E-state index in [1.165, 1.54) is 11.6 Å². The first-order chi connectivity index (χ1) is 21.5. The van der Waals surface area contributed by atoms with Crippen molar-refractivity contribution in [3.05, 3.63) is 106 Å². The fraction of sp³-hybridized carbons (Fsp3) is 0.371. The monoisotopic (exact) mass is 645 g/mol. The number of anilines is 2. The van der Waals surface area contributed by atoms with Crippen LogP contribution < -0.4 is 15.4 Å². The van der Waals surface area contributed by atoms with Crippen LogP contribution in [0, 0.1) is 23.1 Å². The van der Waals surface area contributed by atoms with Crippen LogP contribution in [0.1, 0.15) is 69.6 Å². The van der Waals surface area contributed by atoms with Crippen molar-refractivity contribution in [3.8, 4) is 6.07 Å². The number of carbonyl (C=O) groups is 1. The molecule has 0 radical (unpaired) electrons. The van der Waals surface area contributed by atoms with Gasteiger partial charge < -0.3 is 20.1 Å². The van der Waals surface area contributed by atoms with Crippen molar-refractivity contribution < 1.29 is 13.7 Å². The van der Waals surface area contributed by atoms with E-state index < -0.39 is 33.5 Å². The molecule has 2 heterocycles. The van der Waals surface area contributed by atoms with E-state index in [-0.39, 0.29) is 17.5 Å². The molecule has 3 aliphatic rings. The molecule has 2 fully saturated rings. The third-order valence-corrected chi connectivity index (χ3v) is 10.8. The van der Waals surface area contributed by atoms with Gasteiger partial charge in [0.2, 0.25) is 5.91 Å². The maximum Gasteiger partial charge on any atom is 0.247 e. The first-order valence-corrected chi connectivity index (χ1v) is 16.8. The third kappa shape index (κ3) is 6.43. The van der Waals surface area contributed by atoms with Crippen LogP contribution in [0.2, 0.25) is 5.02 Å². The number of nitrogens with one attached hydrogen (secondary N) is 3. The Bertz CT molecular complexity index is 1680. The van der Waals surface area contributed by atoms with Crippen molar-refractivity contribution in [3.63, 3.8) is 0 Å². The summed E-state index contributed by atoms with van der Waals surface area (Å²) in [6.07, 6.45) is 3.60. The molecule has 1 aliphatic carbocycles. The number of fused-ring (bicyclic) bond motifs is 4. The van der Waals surface area contributed by atoms with E-state index in [0.29, 0.717) is 35.5 Å². The SMILES string of the molecule is CC(C)(C)[S+]([O-])NC1(c2cccc(C#N)c2)CCC2C/C2=C(\Nc2ccc(Cl)cc2)N2CCC[C@@H]2C(=O)Nc2cc1ccc2F. The van der Waals surface area contributed by atoms with Crippen LogP contribution in [0.5, 0.6) is 0 Å². The standard InChI is InChI=1S/C35H37ClFN5O2S/c1-34(2,3)45(44)41-35(24-7-4-6-22(18-24)21-38)16-15-23-19-28(23)32(39-27-12-10-26(36)11-13-27)42-17-5-8-31(42)33(43)40-30-20-25(35)9-14-29(30)37/h4,6-7,9-14,18,20,23,31,39,41H,5,8,15-17,19H2,1-3H3,(H,40,43)/b32-28-/t23?,31-,35?,45?/m1/s1. The normalized spacial score (nSPS) is 25.4. The van der Waals surface area contributed by atoms with Crippen LogP contribution in [-0.4, -0.2) is 32.7 Å². The summed E-state index contributed by atoms with van der Waals surface area (Å²) in [4.78, 5) is 16.0. The van der Waals surface area contributed by atoms with Crippen molar-refractivity contribution >= 4 is 40.2 Å². The Morgan fingerprint density at radius 1 is 1.11 bits per heavy atom. The highest BCUT2D eigenvalue weighted by Crippen LogP contribution is 2.49. The number of amides is 1. The van der Waals surface area contributed by atoms with Crippen LogP contribution >= 0.6 is 11.6 Å². The molecule has 3 aromatic rings. The summed E-state index contributed by atoms with van der Waals surface area (Å²) in [5.41, 5.74) is 3.00. The van der Waals surface area contributed by atoms with Gasteiger partial charge in [0.1, 0.15) is 28.0 Å². The zero-order valence-electron chi connectivity index (χ0n) is 25.6. The van der Waals surface area contributed by atoms with E-state index in [2.05, 4.69) is 26.3 Å². The number of hydrogen-bond donors (Lipinski definition) is 3. The number of rotatable bonds is 5. The molecule has 2 aliphatic heterocycles. The molecule has 4 atom stereocenters.